The highest BCUT2D eigenvalue weighted by molar-refractivity contribution is 5.72. The second-order valence-corrected chi connectivity index (χ2v) is 4.67. The number of pyridine rings is 1. The number of hydrogen-bond donors (Lipinski definition) is 0. The van der Waals surface area contributed by atoms with Gasteiger partial charge in [0.05, 0.1) is 0 Å². The van der Waals surface area contributed by atoms with Gasteiger partial charge < -0.3 is 0 Å². The zero-order valence-electron chi connectivity index (χ0n) is 10.0. The third-order valence-corrected chi connectivity index (χ3v) is 3.45. The zero-order valence-corrected chi connectivity index (χ0v) is 10.0. The molecular weight excluding hydrogens is 213 g/mol. The summed E-state index contributed by atoms with van der Waals surface area (Å²) >= 11 is 0. The van der Waals surface area contributed by atoms with Crippen LogP contribution in [0.3, 0.4) is 0 Å². The molecule has 86 valence electrons. The van der Waals surface area contributed by atoms with Gasteiger partial charge in [-0.3, -0.25) is 4.98 Å². The fourth-order valence-corrected chi connectivity index (χ4v) is 2.52. The van der Waals surface area contributed by atoms with Crippen molar-refractivity contribution in [2.24, 2.45) is 0 Å². The second kappa shape index (κ2) is 3.66. The monoisotopic (exact) mass is 227 g/mol. The van der Waals surface area contributed by atoms with Gasteiger partial charge >= 0.3 is 0 Å². The predicted molar refractivity (Wildman–Crippen MR) is 66.5 cm³/mol. The Morgan fingerprint density at radius 1 is 1.00 bits per heavy atom. The first-order valence-electron chi connectivity index (χ1n) is 5.91. The van der Waals surface area contributed by atoms with Crippen molar-refractivity contribution < 1.29 is 4.39 Å². The van der Waals surface area contributed by atoms with Crippen molar-refractivity contribution in [2.45, 2.75) is 26.7 Å². The van der Waals surface area contributed by atoms with Crippen LogP contribution in [0.4, 0.5) is 4.39 Å². The van der Waals surface area contributed by atoms with Gasteiger partial charge in [0.15, 0.2) is 0 Å². The summed E-state index contributed by atoms with van der Waals surface area (Å²) in [7, 11) is 0. The van der Waals surface area contributed by atoms with Gasteiger partial charge in [0.25, 0.3) is 0 Å². The van der Waals surface area contributed by atoms with E-state index in [1.54, 1.807) is 0 Å². The Balaban J connectivity index is 2.27. The summed E-state index contributed by atoms with van der Waals surface area (Å²) in [4.78, 5) is 4.54. The Morgan fingerprint density at radius 2 is 1.76 bits per heavy atom. The average Bonchev–Trinajstić information content (AvgIpc) is 2.33. The maximum absolute atomic E-state index is 14.0. The summed E-state index contributed by atoms with van der Waals surface area (Å²) in [5.74, 6) is -0.0475. The number of nitrogens with zero attached hydrogens (tertiary/aromatic N) is 1. The fraction of sp³-hybridized carbons (Fsp3) is 0.267. The van der Waals surface area contributed by atoms with Crippen LogP contribution < -0.4 is 0 Å². The molecule has 2 aromatic rings. The first-order chi connectivity index (χ1) is 8.16. The third-order valence-electron chi connectivity index (χ3n) is 3.45. The van der Waals surface area contributed by atoms with Crippen LogP contribution in [0.5, 0.6) is 0 Å². The maximum atomic E-state index is 14.0. The lowest BCUT2D eigenvalue weighted by atomic mass is 9.87. The molecule has 0 radical (unpaired) electrons. The van der Waals surface area contributed by atoms with Gasteiger partial charge in [0.1, 0.15) is 5.82 Å². The SMILES string of the molecule is Cc1ccc2c(n1)CCc1c-2ccc(C)c1F. The van der Waals surface area contributed by atoms with E-state index in [2.05, 4.69) is 11.1 Å². The first-order valence-corrected chi connectivity index (χ1v) is 5.91. The molecule has 0 unspecified atom stereocenters. The normalized spacial score (nSPS) is 13.1. The Morgan fingerprint density at radius 3 is 2.59 bits per heavy atom. The maximum Gasteiger partial charge on any atom is 0.129 e. The first kappa shape index (κ1) is 10.5. The summed E-state index contributed by atoms with van der Waals surface area (Å²) < 4.78 is 14.0. The molecule has 0 saturated carbocycles. The third kappa shape index (κ3) is 1.55. The Labute approximate surface area is 100 Å². The highest BCUT2D eigenvalue weighted by atomic mass is 19.1. The molecule has 1 aromatic carbocycles. The van der Waals surface area contributed by atoms with Gasteiger partial charge in [0, 0.05) is 17.0 Å². The Hall–Kier alpha value is -1.70. The molecular formula is C15H14FN. The molecule has 0 saturated heterocycles. The van der Waals surface area contributed by atoms with Crippen molar-refractivity contribution in [3.8, 4) is 11.1 Å². The zero-order chi connectivity index (χ0) is 12.0. The van der Waals surface area contributed by atoms with Gasteiger partial charge in [-0.05, 0) is 49.4 Å². The van der Waals surface area contributed by atoms with Crippen molar-refractivity contribution in [1.82, 2.24) is 4.98 Å². The summed E-state index contributed by atoms with van der Waals surface area (Å²) in [5.41, 5.74) is 5.81. The van der Waals surface area contributed by atoms with E-state index in [1.807, 2.05) is 32.0 Å². The van der Waals surface area contributed by atoms with Gasteiger partial charge in [-0.15, -0.1) is 0 Å². The minimum Gasteiger partial charge on any atom is -0.258 e. The molecule has 1 aliphatic carbocycles. The predicted octanol–water partition coefficient (Wildman–Crippen LogP) is 3.60. The number of halogens is 1. The van der Waals surface area contributed by atoms with Gasteiger partial charge in [-0.1, -0.05) is 18.2 Å². The van der Waals surface area contributed by atoms with Gasteiger partial charge in [-0.25, -0.2) is 4.39 Å². The lowest BCUT2D eigenvalue weighted by Crippen LogP contribution is -2.09. The topological polar surface area (TPSA) is 12.9 Å². The van der Waals surface area contributed by atoms with Crippen LogP contribution in [0.2, 0.25) is 0 Å². The molecule has 1 nitrogen and oxygen atoms in total. The van der Waals surface area contributed by atoms with Crippen LogP contribution in [-0.4, -0.2) is 4.98 Å². The van der Waals surface area contributed by atoms with Crippen molar-refractivity contribution in [3.63, 3.8) is 0 Å². The number of aryl methyl sites for hydroxylation is 3. The molecule has 0 fully saturated rings. The highest BCUT2D eigenvalue weighted by Gasteiger charge is 2.20. The lowest BCUT2D eigenvalue weighted by molar-refractivity contribution is 0.598. The van der Waals surface area contributed by atoms with E-state index in [0.29, 0.717) is 0 Å². The molecule has 2 heteroatoms. The van der Waals surface area contributed by atoms with Crippen molar-refractivity contribution in [1.29, 1.82) is 0 Å². The summed E-state index contributed by atoms with van der Waals surface area (Å²) in [6, 6.07) is 7.92. The smallest absolute Gasteiger partial charge is 0.129 e. The number of aromatic nitrogens is 1. The second-order valence-electron chi connectivity index (χ2n) is 4.67. The Kier molecular flexibility index (Phi) is 2.25. The van der Waals surface area contributed by atoms with Crippen molar-refractivity contribution in [2.75, 3.05) is 0 Å². The van der Waals surface area contributed by atoms with Crippen molar-refractivity contribution in [3.05, 3.63) is 52.6 Å². The number of rotatable bonds is 0. The quantitative estimate of drug-likeness (QED) is 0.670. The minimum absolute atomic E-state index is 0.0475. The summed E-state index contributed by atoms with van der Waals surface area (Å²) in [6.45, 7) is 3.81. The van der Waals surface area contributed by atoms with Crippen LogP contribution in [-0.2, 0) is 12.8 Å². The largest absolute Gasteiger partial charge is 0.258 e. The molecule has 3 rings (SSSR count). The Bertz CT molecular complexity index is 602. The summed E-state index contributed by atoms with van der Waals surface area (Å²) in [5, 5.41) is 0. The van der Waals surface area contributed by atoms with Crippen LogP contribution in [0, 0.1) is 19.7 Å². The van der Waals surface area contributed by atoms with E-state index in [4.69, 9.17) is 0 Å². The van der Waals surface area contributed by atoms with E-state index in [1.165, 1.54) is 0 Å². The van der Waals surface area contributed by atoms with E-state index in [9.17, 15) is 4.39 Å². The van der Waals surface area contributed by atoms with E-state index < -0.39 is 0 Å². The van der Waals surface area contributed by atoms with Crippen LogP contribution in [0.1, 0.15) is 22.5 Å². The molecule has 0 atom stereocenters. The summed E-state index contributed by atoms with van der Waals surface area (Å²) in [6.07, 6.45) is 1.59. The molecule has 0 N–H and O–H groups in total. The molecule has 1 heterocycles. The average molecular weight is 227 g/mol. The van der Waals surface area contributed by atoms with Gasteiger partial charge in [-0.2, -0.15) is 0 Å². The minimum atomic E-state index is -0.0475. The molecule has 0 amide bonds. The molecule has 17 heavy (non-hydrogen) atoms. The fourth-order valence-electron chi connectivity index (χ4n) is 2.52. The number of benzene rings is 1. The van der Waals surface area contributed by atoms with E-state index in [0.717, 1.165) is 46.5 Å². The number of fused-ring (bicyclic) bond motifs is 3. The number of hydrogen-bond acceptors (Lipinski definition) is 1. The van der Waals surface area contributed by atoms with Crippen LogP contribution >= 0.6 is 0 Å². The molecule has 0 spiro atoms. The van der Waals surface area contributed by atoms with Crippen LogP contribution in [0.25, 0.3) is 11.1 Å². The molecule has 0 bridgehead atoms. The van der Waals surface area contributed by atoms with E-state index in [-0.39, 0.29) is 5.82 Å². The van der Waals surface area contributed by atoms with E-state index >= 15 is 0 Å². The lowest BCUT2D eigenvalue weighted by Gasteiger charge is -2.20. The van der Waals surface area contributed by atoms with Crippen molar-refractivity contribution >= 4 is 0 Å². The standard InChI is InChI=1S/C15H14FN/c1-9-3-5-11-12-6-4-10(2)17-14(12)8-7-13(11)15(9)16/h3-6H,7-8H2,1-2H3. The molecule has 0 aliphatic heterocycles. The van der Waals surface area contributed by atoms with Gasteiger partial charge in [0.2, 0.25) is 0 Å². The highest BCUT2D eigenvalue weighted by Crippen LogP contribution is 2.34. The van der Waals surface area contributed by atoms with Crippen LogP contribution in [0.15, 0.2) is 24.3 Å². The molecule has 1 aromatic heterocycles. The molecule has 1 aliphatic rings.